The molecule has 3 aliphatic heterocycles. The van der Waals surface area contributed by atoms with Crippen LogP contribution in [-0.2, 0) is 16.1 Å². The number of nitrogens with zero attached hydrogens (tertiary/aromatic N) is 2. The van der Waals surface area contributed by atoms with E-state index < -0.39 is 11.7 Å². The monoisotopic (exact) mass is 378 g/mol. The van der Waals surface area contributed by atoms with E-state index in [1.54, 1.807) is 18.2 Å². The third-order valence-electron chi connectivity index (χ3n) is 6.27. The van der Waals surface area contributed by atoms with Crippen molar-refractivity contribution < 1.29 is 19.4 Å². The second-order valence-electron chi connectivity index (χ2n) is 7.81. The van der Waals surface area contributed by atoms with E-state index in [4.69, 9.17) is 4.74 Å². The zero-order valence-electron chi connectivity index (χ0n) is 15.5. The Bertz CT molecular complexity index is 931. The summed E-state index contributed by atoms with van der Waals surface area (Å²) in [5.41, 5.74) is 1.78. The van der Waals surface area contributed by atoms with Crippen LogP contribution in [0.2, 0.25) is 0 Å². The molecule has 0 radical (unpaired) electrons. The van der Waals surface area contributed by atoms with Gasteiger partial charge in [-0.3, -0.25) is 9.69 Å². The van der Waals surface area contributed by atoms with E-state index >= 15 is 0 Å². The highest BCUT2D eigenvalue weighted by atomic mass is 16.5. The van der Waals surface area contributed by atoms with E-state index in [1.165, 1.54) is 0 Å². The molecule has 0 aliphatic carbocycles. The van der Waals surface area contributed by atoms with Gasteiger partial charge in [-0.15, -0.1) is 0 Å². The summed E-state index contributed by atoms with van der Waals surface area (Å²) >= 11 is 0. The largest absolute Gasteiger partial charge is 0.478 e. The fraction of sp³-hybridized carbons (Fsp3) is 0.364. The molecule has 0 aromatic heterocycles. The summed E-state index contributed by atoms with van der Waals surface area (Å²) in [5, 5.41) is 9.23. The molecule has 2 aromatic rings. The molecular formula is C22H22N2O4. The Morgan fingerprint density at radius 2 is 2.00 bits per heavy atom. The Labute approximate surface area is 163 Å². The van der Waals surface area contributed by atoms with Crippen LogP contribution in [0.3, 0.4) is 0 Å². The molecule has 28 heavy (non-hydrogen) atoms. The van der Waals surface area contributed by atoms with Crippen LogP contribution in [0, 0.1) is 0 Å². The normalized spacial score (nSPS) is 29.1. The van der Waals surface area contributed by atoms with E-state index in [9.17, 15) is 14.7 Å². The molecule has 6 heteroatoms. The average molecular weight is 378 g/mol. The van der Waals surface area contributed by atoms with Gasteiger partial charge in [-0.1, -0.05) is 42.5 Å². The van der Waals surface area contributed by atoms with Gasteiger partial charge in [0.1, 0.15) is 6.10 Å². The van der Waals surface area contributed by atoms with Crippen molar-refractivity contribution in [3.8, 4) is 0 Å². The molecule has 2 aromatic carbocycles. The Morgan fingerprint density at radius 1 is 1.18 bits per heavy atom. The zero-order valence-corrected chi connectivity index (χ0v) is 15.5. The molecule has 3 fully saturated rings. The van der Waals surface area contributed by atoms with Crippen LogP contribution >= 0.6 is 0 Å². The lowest BCUT2D eigenvalue weighted by Crippen LogP contribution is -2.47. The average Bonchev–Trinajstić information content (AvgIpc) is 3.32. The quantitative estimate of drug-likeness (QED) is 0.886. The molecule has 3 saturated heterocycles. The van der Waals surface area contributed by atoms with Crippen molar-refractivity contribution in [1.29, 1.82) is 0 Å². The minimum atomic E-state index is -0.924. The van der Waals surface area contributed by atoms with Crippen molar-refractivity contribution >= 4 is 11.9 Å². The van der Waals surface area contributed by atoms with Crippen molar-refractivity contribution in [2.24, 2.45) is 0 Å². The minimum absolute atomic E-state index is 0.00203. The van der Waals surface area contributed by atoms with E-state index in [0.717, 1.165) is 24.1 Å². The second kappa shape index (κ2) is 6.43. The van der Waals surface area contributed by atoms with Gasteiger partial charge in [-0.05, 0) is 23.3 Å². The van der Waals surface area contributed by atoms with Crippen molar-refractivity contribution in [2.45, 2.75) is 37.3 Å². The molecule has 5 rings (SSSR count). The lowest BCUT2D eigenvalue weighted by Gasteiger charge is -2.32. The lowest BCUT2D eigenvalue weighted by atomic mass is 10.1. The number of benzene rings is 2. The predicted octanol–water partition coefficient (Wildman–Crippen LogP) is 2.66. The summed E-state index contributed by atoms with van der Waals surface area (Å²) < 4.78 is 6.55. The SMILES string of the molecule is O=C(O)c1cccc(CN2CC[C@@]34O[C@@H](c5ccccc5)CN3C(=O)C[C@@H]24)c1. The highest BCUT2D eigenvalue weighted by Crippen LogP contribution is 2.50. The first-order chi connectivity index (χ1) is 13.6. The molecule has 1 N–H and O–H groups in total. The van der Waals surface area contributed by atoms with Gasteiger partial charge >= 0.3 is 5.97 Å². The number of aromatic carboxylic acids is 1. The third-order valence-corrected chi connectivity index (χ3v) is 6.27. The summed E-state index contributed by atoms with van der Waals surface area (Å²) in [7, 11) is 0. The Kier molecular flexibility index (Phi) is 4.00. The minimum Gasteiger partial charge on any atom is -0.478 e. The fourth-order valence-corrected chi connectivity index (χ4v) is 4.98. The number of amides is 1. The number of carbonyl (C=O) groups is 2. The number of carboxylic acid groups (broad SMARTS) is 1. The molecule has 3 atom stereocenters. The number of ether oxygens (including phenoxy) is 1. The summed E-state index contributed by atoms with van der Waals surface area (Å²) in [5.74, 6) is -0.779. The van der Waals surface area contributed by atoms with Crippen LogP contribution in [0.15, 0.2) is 54.6 Å². The van der Waals surface area contributed by atoms with Crippen LogP contribution in [-0.4, -0.2) is 51.6 Å². The molecule has 0 saturated carbocycles. The Morgan fingerprint density at radius 3 is 2.79 bits per heavy atom. The first-order valence-corrected chi connectivity index (χ1v) is 9.66. The first kappa shape index (κ1) is 17.4. The van der Waals surface area contributed by atoms with E-state index in [2.05, 4.69) is 4.90 Å². The van der Waals surface area contributed by atoms with Crippen LogP contribution in [0.4, 0.5) is 0 Å². The smallest absolute Gasteiger partial charge is 0.335 e. The highest BCUT2D eigenvalue weighted by Gasteiger charge is 2.63. The van der Waals surface area contributed by atoms with Crippen molar-refractivity contribution in [3.63, 3.8) is 0 Å². The van der Waals surface area contributed by atoms with Crippen LogP contribution in [0.25, 0.3) is 0 Å². The van der Waals surface area contributed by atoms with Crippen LogP contribution in [0.5, 0.6) is 0 Å². The fourth-order valence-electron chi connectivity index (χ4n) is 4.98. The summed E-state index contributed by atoms with van der Waals surface area (Å²) in [6.45, 7) is 2.04. The molecule has 3 aliphatic rings. The summed E-state index contributed by atoms with van der Waals surface area (Å²) in [4.78, 5) is 28.2. The van der Waals surface area contributed by atoms with Crippen molar-refractivity contribution in [1.82, 2.24) is 9.80 Å². The van der Waals surface area contributed by atoms with Gasteiger partial charge in [0.25, 0.3) is 0 Å². The molecule has 6 nitrogen and oxygen atoms in total. The molecule has 0 unspecified atom stereocenters. The molecule has 144 valence electrons. The van der Waals surface area contributed by atoms with Crippen molar-refractivity contribution in [2.75, 3.05) is 13.1 Å². The Balaban J connectivity index is 1.39. The van der Waals surface area contributed by atoms with Crippen LogP contribution in [0.1, 0.15) is 40.4 Å². The molecule has 0 bridgehead atoms. The highest BCUT2D eigenvalue weighted by molar-refractivity contribution is 5.87. The maximum atomic E-state index is 12.7. The molecule has 1 spiro atoms. The number of rotatable bonds is 4. The predicted molar refractivity (Wildman–Crippen MR) is 102 cm³/mol. The van der Waals surface area contributed by atoms with E-state index in [1.807, 2.05) is 41.3 Å². The maximum absolute atomic E-state index is 12.7. The van der Waals surface area contributed by atoms with Gasteiger partial charge < -0.3 is 14.7 Å². The van der Waals surface area contributed by atoms with Crippen LogP contribution < -0.4 is 0 Å². The van der Waals surface area contributed by atoms with E-state index in [-0.39, 0.29) is 23.6 Å². The maximum Gasteiger partial charge on any atom is 0.335 e. The lowest BCUT2D eigenvalue weighted by molar-refractivity contribution is -0.138. The Hall–Kier alpha value is -2.70. The van der Waals surface area contributed by atoms with Gasteiger partial charge in [0.2, 0.25) is 5.91 Å². The van der Waals surface area contributed by atoms with E-state index in [0.29, 0.717) is 19.5 Å². The number of carbonyl (C=O) groups excluding carboxylic acids is 1. The summed E-state index contributed by atoms with van der Waals surface area (Å²) in [6, 6.07) is 17.1. The van der Waals surface area contributed by atoms with Gasteiger partial charge in [0.05, 0.1) is 18.2 Å². The number of likely N-dealkylation sites (tertiary alicyclic amines) is 1. The number of hydrogen-bond acceptors (Lipinski definition) is 4. The van der Waals surface area contributed by atoms with Gasteiger partial charge in [0, 0.05) is 25.9 Å². The van der Waals surface area contributed by atoms with Gasteiger partial charge in [0.15, 0.2) is 5.72 Å². The topological polar surface area (TPSA) is 70.1 Å². The number of hydrogen-bond donors (Lipinski definition) is 1. The molecule has 3 heterocycles. The first-order valence-electron chi connectivity index (χ1n) is 9.66. The van der Waals surface area contributed by atoms with Gasteiger partial charge in [-0.25, -0.2) is 4.79 Å². The zero-order chi connectivity index (χ0) is 19.3. The standard InChI is InChI=1S/C22H22N2O4/c25-20-12-19-22(24(20)14-18(28-22)16-6-2-1-3-7-16)9-10-23(19)13-15-5-4-8-17(11-15)21(26)27/h1-8,11,18-19H,9-10,12-14H2,(H,26,27)/t18-,19-,22+/m1/s1. The summed E-state index contributed by atoms with van der Waals surface area (Å²) in [6.07, 6.45) is 1.15. The molecule has 1 amide bonds. The van der Waals surface area contributed by atoms with Gasteiger partial charge in [-0.2, -0.15) is 0 Å². The number of carboxylic acids is 1. The second-order valence-corrected chi connectivity index (χ2v) is 7.81. The molecular weight excluding hydrogens is 356 g/mol. The third kappa shape index (κ3) is 2.64. The van der Waals surface area contributed by atoms with Crippen molar-refractivity contribution in [3.05, 3.63) is 71.3 Å².